The smallest absolute Gasteiger partial charge is 0.0857 e. The number of aromatic nitrogens is 2. The van der Waals surface area contributed by atoms with Gasteiger partial charge in [0.15, 0.2) is 0 Å². The fourth-order valence-electron chi connectivity index (χ4n) is 1.99. The molecule has 0 saturated carbocycles. The summed E-state index contributed by atoms with van der Waals surface area (Å²) in [6.45, 7) is 6.31. The van der Waals surface area contributed by atoms with Gasteiger partial charge >= 0.3 is 0 Å². The van der Waals surface area contributed by atoms with Crippen LogP contribution in [0.2, 0.25) is 10.0 Å². The first kappa shape index (κ1) is 15.7. The van der Waals surface area contributed by atoms with Crippen LogP contribution >= 0.6 is 34.7 Å². The lowest BCUT2D eigenvalue weighted by Crippen LogP contribution is -2.20. The van der Waals surface area contributed by atoms with E-state index in [9.17, 15) is 0 Å². The van der Waals surface area contributed by atoms with Crippen molar-refractivity contribution in [1.82, 2.24) is 9.59 Å². The van der Waals surface area contributed by atoms with Gasteiger partial charge in [-0.3, -0.25) is 0 Å². The molecule has 3 nitrogen and oxygen atoms in total. The third-order valence-electron chi connectivity index (χ3n) is 3.01. The molecule has 0 spiro atoms. The Bertz CT molecular complexity index is 605. The van der Waals surface area contributed by atoms with Crippen molar-refractivity contribution in [3.63, 3.8) is 0 Å². The van der Waals surface area contributed by atoms with Crippen LogP contribution in [0.15, 0.2) is 18.2 Å². The Hall–Kier alpha value is -0.680. The molecular formula is C14H17Cl2N3S. The molecule has 1 aromatic carbocycles. The van der Waals surface area contributed by atoms with E-state index in [-0.39, 0.29) is 11.5 Å². The highest BCUT2D eigenvalue weighted by molar-refractivity contribution is 7.05. The van der Waals surface area contributed by atoms with Crippen LogP contribution in [-0.4, -0.2) is 9.59 Å². The standard InChI is InChI=1S/C14H17Cl2N3S/c1-14(2,3)13-12(20-19-18-13)11(17)7-8-6-9(15)4-5-10(8)16/h4-6,11H,7,17H2,1-3H3. The summed E-state index contributed by atoms with van der Waals surface area (Å²) in [5.74, 6) is 0. The first-order valence-electron chi connectivity index (χ1n) is 6.31. The van der Waals surface area contributed by atoms with Crippen molar-refractivity contribution in [2.45, 2.75) is 38.6 Å². The van der Waals surface area contributed by atoms with E-state index in [2.05, 4.69) is 30.4 Å². The Morgan fingerprint density at radius 3 is 2.65 bits per heavy atom. The van der Waals surface area contributed by atoms with Crippen LogP contribution < -0.4 is 5.73 Å². The van der Waals surface area contributed by atoms with Gasteiger partial charge in [0.2, 0.25) is 0 Å². The molecule has 108 valence electrons. The van der Waals surface area contributed by atoms with Crippen molar-refractivity contribution in [2.75, 3.05) is 0 Å². The molecule has 2 N–H and O–H groups in total. The van der Waals surface area contributed by atoms with Crippen LogP contribution in [0.4, 0.5) is 0 Å². The molecule has 6 heteroatoms. The van der Waals surface area contributed by atoms with Crippen molar-refractivity contribution in [3.05, 3.63) is 44.4 Å². The second-order valence-electron chi connectivity index (χ2n) is 5.78. The molecule has 2 rings (SSSR count). The van der Waals surface area contributed by atoms with Gasteiger partial charge in [0.25, 0.3) is 0 Å². The maximum absolute atomic E-state index is 6.32. The highest BCUT2D eigenvalue weighted by atomic mass is 35.5. The first-order chi connectivity index (χ1) is 9.29. The zero-order chi connectivity index (χ0) is 14.9. The third-order valence-corrected chi connectivity index (χ3v) is 4.47. The van der Waals surface area contributed by atoms with Crippen LogP contribution in [0.5, 0.6) is 0 Å². The van der Waals surface area contributed by atoms with Gasteiger partial charge in [-0.15, -0.1) is 5.10 Å². The van der Waals surface area contributed by atoms with E-state index in [1.165, 1.54) is 11.5 Å². The summed E-state index contributed by atoms with van der Waals surface area (Å²) >= 11 is 13.5. The summed E-state index contributed by atoms with van der Waals surface area (Å²) in [6, 6.07) is 5.24. The van der Waals surface area contributed by atoms with Gasteiger partial charge in [0.1, 0.15) is 0 Å². The van der Waals surface area contributed by atoms with Gasteiger partial charge in [-0.25, -0.2) is 0 Å². The second-order valence-corrected chi connectivity index (χ2v) is 7.41. The van der Waals surface area contributed by atoms with Gasteiger partial charge in [0, 0.05) is 21.5 Å². The lowest BCUT2D eigenvalue weighted by atomic mass is 9.89. The molecule has 1 heterocycles. The third kappa shape index (κ3) is 3.50. The lowest BCUT2D eigenvalue weighted by molar-refractivity contribution is 0.550. The van der Waals surface area contributed by atoms with Crippen LogP contribution in [0.1, 0.15) is 42.9 Å². The monoisotopic (exact) mass is 329 g/mol. The zero-order valence-electron chi connectivity index (χ0n) is 11.7. The Balaban J connectivity index is 2.27. The number of nitrogens with zero attached hydrogens (tertiary/aromatic N) is 2. The molecule has 0 bridgehead atoms. The summed E-state index contributed by atoms with van der Waals surface area (Å²) in [4.78, 5) is 1.01. The highest BCUT2D eigenvalue weighted by Gasteiger charge is 2.26. The molecule has 0 amide bonds. The molecule has 0 aliphatic heterocycles. The zero-order valence-corrected chi connectivity index (χ0v) is 14.0. The number of hydrogen-bond acceptors (Lipinski definition) is 4. The molecule has 1 aromatic heterocycles. The summed E-state index contributed by atoms with van der Waals surface area (Å²) in [5.41, 5.74) is 8.14. The number of rotatable bonds is 3. The molecule has 1 unspecified atom stereocenters. The minimum absolute atomic E-state index is 0.0713. The van der Waals surface area contributed by atoms with Crippen LogP contribution in [0.25, 0.3) is 0 Å². The van der Waals surface area contributed by atoms with Gasteiger partial charge in [-0.2, -0.15) is 0 Å². The largest absolute Gasteiger partial charge is 0.323 e. The quantitative estimate of drug-likeness (QED) is 0.908. The van der Waals surface area contributed by atoms with E-state index in [4.69, 9.17) is 28.9 Å². The van der Waals surface area contributed by atoms with E-state index in [0.29, 0.717) is 16.5 Å². The number of benzene rings is 1. The fourth-order valence-corrected chi connectivity index (χ4v) is 3.24. The lowest BCUT2D eigenvalue weighted by Gasteiger charge is -2.19. The van der Waals surface area contributed by atoms with Gasteiger partial charge in [0.05, 0.1) is 10.6 Å². The van der Waals surface area contributed by atoms with Crippen LogP contribution in [0, 0.1) is 0 Å². The fraction of sp³-hybridized carbons (Fsp3) is 0.429. The molecule has 0 aliphatic rings. The van der Waals surface area contributed by atoms with Crippen molar-refractivity contribution in [3.8, 4) is 0 Å². The molecule has 0 saturated heterocycles. The Labute approximate surface area is 133 Å². The Morgan fingerprint density at radius 2 is 2.00 bits per heavy atom. The molecule has 0 fully saturated rings. The van der Waals surface area contributed by atoms with Gasteiger partial charge in [-0.05, 0) is 41.7 Å². The van der Waals surface area contributed by atoms with E-state index >= 15 is 0 Å². The van der Waals surface area contributed by atoms with Crippen LogP contribution in [-0.2, 0) is 11.8 Å². The maximum atomic E-state index is 6.32. The van der Waals surface area contributed by atoms with Crippen molar-refractivity contribution >= 4 is 34.7 Å². The summed E-state index contributed by atoms with van der Waals surface area (Å²) in [7, 11) is 0. The van der Waals surface area contributed by atoms with E-state index in [1.807, 2.05) is 6.07 Å². The number of halogens is 2. The molecule has 1 atom stereocenters. The number of nitrogens with two attached hydrogens (primary N) is 1. The van der Waals surface area contributed by atoms with E-state index in [1.54, 1.807) is 12.1 Å². The summed E-state index contributed by atoms with van der Waals surface area (Å²) in [6.07, 6.45) is 0.617. The topological polar surface area (TPSA) is 51.8 Å². The summed E-state index contributed by atoms with van der Waals surface area (Å²) in [5, 5.41) is 5.56. The van der Waals surface area contributed by atoms with Gasteiger partial charge < -0.3 is 5.73 Å². The molecular weight excluding hydrogens is 313 g/mol. The molecule has 0 aliphatic carbocycles. The number of hydrogen-bond donors (Lipinski definition) is 1. The van der Waals surface area contributed by atoms with E-state index in [0.717, 1.165) is 16.1 Å². The highest BCUT2D eigenvalue weighted by Crippen LogP contribution is 2.32. The molecule has 20 heavy (non-hydrogen) atoms. The van der Waals surface area contributed by atoms with Crippen molar-refractivity contribution in [1.29, 1.82) is 0 Å². The normalized spacial score (nSPS) is 13.5. The first-order valence-corrected chi connectivity index (χ1v) is 7.84. The van der Waals surface area contributed by atoms with Crippen LogP contribution in [0.3, 0.4) is 0 Å². The van der Waals surface area contributed by atoms with Gasteiger partial charge in [-0.1, -0.05) is 48.5 Å². The SMILES string of the molecule is CC(C)(C)c1nnsc1C(N)Cc1cc(Cl)ccc1Cl. The minimum atomic E-state index is -0.180. The Kier molecular flexibility index (Phi) is 4.69. The molecule has 2 aromatic rings. The predicted molar refractivity (Wildman–Crippen MR) is 85.7 cm³/mol. The van der Waals surface area contributed by atoms with E-state index < -0.39 is 0 Å². The average Bonchev–Trinajstić information content (AvgIpc) is 2.82. The van der Waals surface area contributed by atoms with Crippen molar-refractivity contribution < 1.29 is 0 Å². The molecule has 0 radical (unpaired) electrons. The Morgan fingerprint density at radius 1 is 1.30 bits per heavy atom. The second kappa shape index (κ2) is 5.98. The predicted octanol–water partition coefficient (Wildman–Crippen LogP) is 4.38. The van der Waals surface area contributed by atoms with Crippen molar-refractivity contribution in [2.24, 2.45) is 5.73 Å². The minimum Gasteiger partial charge on any atom is -0.323 e. The summed E-state index contributed by atoms with van der Waals surface area (Å²) < 4.78 is 4.04. The average molecular weight is 330 g/mol. The maximum Gasteiger partial charge on any atom is 0.0857 e.